The van der Waals surface area contributed by atoms with Crippen LogP contribution in [0, 0.1) is 0 Å². The smallest absolute Gasteiger partial charge is 0.401 e. The first-order chi connectivity index (χ1) is 7.87. The van der Waals surface area contributed by atoms with Gasteiger partial charge in [0.1, 0.15) is 0 Å². The number of aliphatic carboxylic acids is 1. The average Bonchev–Trinajstić information content (AvgIpc) is 2.62. The molecule has 0 aliphatic heterocycles. The zero-order valence-electron chi connectivity index (χ0n) is 8.91. The number of alkyl halides is 3. The molecular formula is C10H12F3NO2S. The van der Waals surface area contributed by atoms with E-state index in [-0.39, 0.29) is 6.54 Å². The minimum absolute atomic E-state index is 0.0896. The lowest BCUT2D eigenvalue weighted by Gasteiger charge is -2.21. The molecule has 0 aromatic carbocycles. The van der Waals surface area contributed by atoms with Gasteiger partial charge in [-0.05, 0) is 17.9 Å². The molecule has 1 aromatic heterocycles. The molecule has 0 saturated carbocycles. The molecule has 0 amide bonds. The number of nitrogens with zero attached hydrogens (tertiary/aromatic N) is 1. The maximum atomic E-state index is 12.2. The molecule has 1 rings (SSSR count). The van der Waals surface area contributed by atoms with Crippen molar-refractivity contribution in [3.8, 4) is 0 Å². The number of carboxylic acids is 1. The number of carbonyl (C=O) groups is 1. The molecule has 1 N–H and O–H groups in total. The fourth-order valence-corrected chi connectivity index (χ4v) is 2.08. The summed E-state index contributed by atoms with van der Waals surface area (Å²) in [7, 11) is 0. The van der Waals surface area contributed by atoms with Gasteiger partial charge in [-0.2, -0.15) is 13.2 Å². The number of halogens is 3. The van der Waals surface area contributed by atoms with Crippen molar-refractivity contribution in [1.82, 2.24) is 4.90 Å². The lowest BCUT2D eigenvalue weighted by Crippen LogP contribution is -2.39. The minimum Gasteiger partial charge on any atom is -0.480 e. The minimum atomic E-state index is -4.37. The predicted molar refractivity (Wildman–Crippen MR) is 58.2 cm³/mol. The first kappa shape index (κ1) is 14.0. The van der Waals surface area contributed by atoms with Crippen LogP contribution in [-0.4, -0.2) is 41.8 Å². The van der Waals surface area contributed by atoms with E-state index < -0.39 is 25.2 Å². The van der Waals surface area contributed by atoms with Gasteiger partial charge >= 0.3 is 12.1 Å². The second kappa shape index (κ2) is 6.02. The summed E-state index contributed by atoms with van der Waals surface area (Å²) in [5, 5.41) is 10.4. The van der Waals surface area contributed by atoms with Gasteiger partial charge in [-0.25, -0.2) is 0 Å². The highest BCUT2D eigenvalue weighted by Gasteiger charge is 2.31. The second-order valence-electron chi connectivity index (χ2n) is 3.55. The summed E-state index contributed by atoms with van der Waals surface area (Å²) in [6.07, 6.45) is -3.94. The summed E-state index contributed by atoms with van der Waals surface area (Å²) in [5.74, 6) is -1.25. The highest BCUT2D eigenvalue weighted by Crippen LogP contribution is 2.17. The van der Waals surface area contributed by atoms with Crippen LogP contribution in [0.4, 0.5) is 13.2 Å². The van der Waals surface area contributed by atoms with E-state index >= 15 is 0 Å². The first-order valence-electron chi connectivity index (χ1n) is 4.90. The van der Waals surface area contributed by atoms with Crippen LogP contribution in [0.1, 0.15) is 4.88 Å². The van der Waals surface area contributed by atoms with Gasteiger partial charge in [-0.1, -0.05) is 6.07 Å². The molecule has 0 radical (unpaired) electrons. The number of hydrogen-bond acceptors (Lipinski definition) is 3. The third-order valence-electron chi connectivity index (χ3n) is 2.02. The van der Waals surface area contributed by atoms with E-state index in [0.29, 0.717) is 6.42 Å². The van der Waals surface area contributed by atoms with Crippen molar-refractivity contribution >= 4 is 17.3 Å². The second-order valence-corrected chi connectivity index (χ2v) is 4.58. The van der Waals surface area contributed by atoms with E-state index in [1.165, 1.54) is 11.3 Å². The Morgan fingerprint density at radius 3 is 2.65 bits per heavy atom. The maximum absolute atomic E-state index is 12.2. The molecule has 0 unspecified atom stereocenters. The summed E-state index contributed by atoms with van der Waals surface area (Å²) in [6.45, 7) is -1.69. The van der Waals surface area contributed by atoms with Crippen molar-refractivity contribution in [2.75, 3.05) is 19.6 Å². The fraction of sp³-hybridized carbons (Fsp3) is 0.500. The van der Waals surface area contributed by atoms with Crippen LogP contribution in [-0.2, 0) is 11.2 Å². The van der Waals surface area contributed by atoms with Gasteiger partial charge in [0.2, 0.25) is 0 Å². The Morgan fingerprint density at radius 2 is 2.18 bits per heavy atom. The van der Waals surface area contributed by atoms with Gasteiger partial charge in [-0.3, -0.25) is 9.69 Å². The van der Waals surface area contributed by atoms with Crippen LogP contribution in [0.15, 0.2) is 17.5 Å². The van der Waals surface area contributed by atoms with Gasteiger partial charge in [0.25, 0.3) is 0 Å². The van der Waals surface area contributed by atoms with Crippen LogP contribution < -0.4 is 0 Å². The zero-order valence-corrected chi connectivity index (χ0v) is 9.72. The largest absolute Gasteiger partial charge is 0.480 e. The van der Waals surface area contributed by atoms with Crippen LogP contribution in [0.3, 0.4) is 0 Å². The third kappa shape index (κ3) is 6.28. The molecule has 1 aromatic rings. The molecule has 17 heavy (non-hydrogen) atoms. The molecule has 0 aliphatic carbocycles. The monoisotopic (exact) mass is 267 g/mol. The standard InChI is InChI=1S/C10H12F3NO2S/c11-10(12,13)7-14(6-9(15)16)4-3-8-2-1-5-17-8/h1-2,5H,3-4,6-7H2,(H,15,16). The van der Waals surface area contributed by atoms with E-state index in [4.69, 9.17) is 5.11 Å². The molecule has 1 heterocycles. The van der Waals surface area contributed by atoms with E-state index in [0.717, 1.165) is 9.78 Å². The van der Waals surface area contributed by atoms with Crippen LogP contribution in [0.5, 0.6) is 0 Å². The Kier molecular flexibility index (Phi) is 4.95. The average molecular weight is 267 g/mol. The van der Waals surface area contributed by atoms with Crippen molar-refractivity contribution < 1.29 is 23.1 Å². The number of thiophene rings is 1. The van der Waals surface area contributed by atoms with Crippen molar-refractivity contribution in [1.29, 1.82) is 0 Å². The van der Waals surface area contributed by atoms with E-state index in [9.17, 15) is 18.0 Å². The van der Waals surface area contributed by atoms with E-state index in [2.05, 4.69) is 0 Å². The molecule has 0 fully saturated rings. The first-order valence-corrected chi connectivity index (χ1v) is 5.78. The molecule has 0 saturated heterocycles. The molecule has 3 nitrogen and oxygen atoms in total. The van der Waals surface area contributed by atoms with Crippen LogP contribution >= 0.6 is 11.3 Å². The molecule has 7 heteroatoms. The molecule has 0 aliphatic rings. The van der Waals surface area contributed by atoms with E-state index in [1.807, 2.05) is 17.5 Å². The zero-order chi connectivity index (χ0) is 12.9. The number of rotatable bonds is 6. The normalized spacial score (nSPS) is 12.0. The number of hydrogen-bond donors (Lipinski definition) is 1. The van der Waals surface area contributed by atoms with Gasteiger partial charge in [0.05, 0.1) is 13.1 Å². The maximum Gasteiger partial charge on any atom is 0.401 e. The molecule has 0 spiro atoms. The van der Waals surface area contributed by atoms with Crippen molar-refractivity contribution in [2.24, 2.45) is 0 Å². The molecule has 0 bridgehead atoms. The molecule has 96 valence electrons. The fourth-order valence-electron chi connectivity index (χ4n) is 1.38. The Labute approximate surface area is 100 Å². The Balaban J connectivity index is 2.48. The predicted octanol–water partition coefficient (Wildman–Crippen LogP) is 2.24. The van der Waals surface area contributed by atoms with E-state index in [1.54, 1.807) is 0 Å². The van der Waals surface area contributed by atoms with Crippen molar-refractivity contribution in [3.05, 3.63) is 22.4 Å². The Morgan fingerprint density at radius 1 is 1.47 bits per heavy atom. The summed E-state index contributed by atoms with van der Waals surface area (Å²) in [5.41, 5.74) is 0. The highest BCUT2D eigenvalue weighted by molar-refractivity contribution is 7.09. The Hall–Kier alpha value is -1.08. The van der Waals surface area contributed by atoms with Gasteiger partial charge in [-0.15, -0.1) is 11.3 Å². The Bertz CT molecular complexity index is 351. The van der Waals surface area contributed by atoms with Gasteiger partial charge in [0, 0.05) is 11.4 Å². The van der Waals surface area contributed by atoms with Crippen molar-refractivity contribution in [2.45, 2.75) is 12.6 Å². The van der Waals surface area contributed by atoms with Gasteiger partial charge in [0.15, 0.2) is 0 Å². The van der Waals surface area contributed by atoms with Crippen LogP contribution in [0.2, 0.25) is 0 Å². The summed E-state index contributed by atoms with van der Waals surface area (Å²) in [4.78, 5) is 12.3. The quantitative estimate of drug-likeness (QED) is 0.859. The molecule has 0 atom stereocenters. The third-order valence-corrected chi connectivity index (χ3v) is 2.95. The lowest BCUT2D eigenvalue weighted by molar-refractivity contribution is -0.153. The highest BCUT2D eigenvalue weighted by atomic mass is 32.1. The topological polar surface area (TPSA) is 40.5 Å². The van der Waals surface area contributed by atoms with Gasteiger partial charge < -0.3 is 5.11 Å². The lowest BCUT2D eigenvalue weighted by atomic mass is 10.3. The summed E-state index contributed by atoms with van der Waals surface area (Å²) < 4.78 is 36.6. The SMILES string of the molecule is O=C(O)CN(CCc1cccs1)CC(F)(F)F. The summed E-state index contributed by atoms with van der Waals surface area (Å²) >= 11 is 1.45. The van der Waals surface area contributed by atoms with Crippen molar-refractivity contribution in [3.63, 3.8) is 0 Å². The van der Waals surface area contributed by atoms with Crippen LogP contribution in [0.25, 0.3) is 0 Å². The molecular weight excluding hydrogens is 255 g/mol. The number of carboxylic acid groups (broad SMARTS) is 1. The summed E-state index contributed by atoms with van der Waals surface area (Å²) in [6, 6.07) is 3.63.